The maximum absolute atomic E-state index is 11.8. The molecule has 32 heavy (non-hydrogen) atoms. The van der Waals surface area contributed by atoms with Crippen molar-refractivity contribution in [2.75, 3.05) is 6.61 Å². The van der Waals surface area contributed by atoms with Gasteiger partial charge < -0.3 is 28.8 Å². The molecule has 0 aromatic heterocycles. The molecule has 0 spiro atoms. The van der Waals surface area contributed by atoms with Crippen LogP contribution >= 0.6 is 0 Å². The summed E-state index contributed by atoms with van der Waals surface area (Å²) in [5.74, 6) is -2.85. The number of phenols is 1. The number of nitrogens with zero attached hydrogens (tertiary/aromatic N) is 1. The van der Waals surface area contributed by atoms with Crippen LogP contribution in [0, 0.1) is 0 Å². The molecule has 2 rings (SSSR count). The smallest absolute Gasteiger partial charge is 0.303 e. The van der Waals surface area contributed by atoms with E-state index in [2.05, 4.69) is 4.99 Å². The summed E-state index contributed by atoms with van der Waals surface area (Å²) in [6.07, 6.45) is -4.90. The molecule has 1 heterocycles. The highest BCUT2D eigenvalue weighted by molar-refractivity contribution is 5.83. The second kappa shape index (κ2) is 11.2. The summed E-state index contributed by atoms with van der Waals surface area (Å²) in [6, 6.07) is 6.34. The molecule has 1 aliphatic rings. The number of ether oxygens (including phenoxy) is 5. The van der Waals surface area contributed by atoms with Crippen LogP contribution < -0.4 is 0 Å². The first-order valence-corrected chi connectivity index (χ1v) is 9.70. The van der Waals surface area contributed by atoms with Crippen molar-refractivity contribution in [1.82, 2.24) is 0 Å². The van der Waals surface area contributed by atoms with Gasteiger partial charge in [-0.2, -0.15) is 0 Å². The Morgan fingerprint density at radius 1 is 0.906 bits per heavy atom. The molecule has 1 aromatic rings. The van der Waals surface area contributed by atoms with Crippen LogP contribution in [0.25, 0.3) is 0 Å². The first-order valence-electron chi connectivity index (χ1n) is 9.70. The molecular formula is C21H25NO10. The molecule has 1 aromatic carbocycles. The highest BCUT2D eigenvalue weighted by atomic mass is 16.7. The van der Waals surface area contributed by atoms with E-state index in [0.717, 1.165) is 20.8 Å². The normalized spacial score (nSPS) is 25.1. The Hall–Kier alpha value is -3.47. The summed E-state index contributed by atoms with van der Waals surface area (Å²) in [6.45, 7) is 4.24. The van der Waals surface area contributed by atoms with Crippen molar-refractivity contribution in [3.8, 4) is 5.75 Å². The van der Waals surface area contributed by atoms with Gasteiger partial charge in [0.25, 0.3) is 0 Å². The number of phenolic OH excluding ortho intramolecular Hbond substituents is 1. The molecule has 1 aliphatic heterocycles. The lowest BCUT2D eigenvalue weighted by Gasteiger charge is -2.43. The summed E-state index contributed by atoms with van der Waals surface area (Å²) in [5.41, 5.74) is 0.348. The van der Waals surface area contributed by atoms with Gasteiger partial charge in [0.05, 0.1) is 0 Å². The van der Waals surface area contributed by atoms with Gasteiger partial charge in [-0.15, -0.1) is 0 Å². The van der Waals surface area contributed by atoms with Crippen LogP contribution in [-0.2, 0) is 42.9 Å². The fourth-order valence-electron chi connectivity index (χ4n) is 3.08. The Morgan fingerprint density at radius 3 is 2.03 bits per heavy atom. The molecular weight excluding hydrogens is 426 g/mol. The molecule has 0 bridgehead atoms. The Labute approximate surface area is 184 Å². The van der Waals surface area contributed by atoms with Crippen molar-refractivity contribution in [2.45, 2.75) is 58.3 Å². The van der Waals surface area contributed by atoms with Crippen molar-refractivity contribution in [1.29, 1.82) is 0 Å². The van der Waals surface area contributed by atoms with Crippen LogP contribution in [0.4, 0.5) is 0 Å². The minimum absolute atomic E-state index is 0.0538. The molecule has 11 nitrogen and oxygen atoms in total. The lowest BCUT2D eigenvalue weighted by molar-refractivity contribution is -0.250. The minimum Gasteiger partial charge on any atom is -0.507 e. The maximum atomic E-state index is 11.8. The Bertz CT molecular complexity index is 883. The van der Waals surface area contributed by atoms with Crippen LogP contribution in [0.2, 0.25) is 0 Å². The number of aromatic hydroxyl groups is 1. The van der Waals surface area contributed by atoms with E-state index in [-0.39, 0.29) is 12.4 Å². The molecule has 0 radical (unpaired) electrons. The van der Waals surface area contributed by atoms with Crippen LogP contribution in [0.15, 0.2) is 29.3 Å². The second-order valence-electron chi connectivity index (χ2n) is 6.93. The predicted molar refractivity (Wildman–Crippen MR) is 108 cm³/mol. The number of esters is 4. The van der Waals surface area contributed by atoms with Gasteiger partial charge in [-0.25, -0.2) is 0 Å². The van der Waals surface area contributed by atoms with Crippen LogP contribution in [-0.4, -0.2) is 72.4 Å². The summed E-state index contributed by atoms with van der Waals surface area (Å²) in [7, 11) is 0. The predicted octanol–water partition coefficient (Wildman–Crippen LogP) is 0.894. The number of carbonyl (C=O) groups is 4. The Morgan fingerprint density at radius 2 is 1.47 bits per heavy atom. The van der Waals surface area contributed by atoms with E-state index in [4.69, 9.17) is 23.7 Å². The standard InChI is InChI=1S/C21H25NO10/c1-11(23)28-10-17-18(29-12(2)24)19(30-13(3)25)20(31-14(4)26)21(32-17)22-9-15-7-5-6-8-16(15)27/h5-9,17-21,27H,10H2,1-4H3/t17-,18-,19-,20+,21-/m0/s1. The first-order chi connectivity index (χ1) is 15.1. The molecule has 174 valence electrons. The summed E-state index contributed by atoms with van der Waals surface area (Å²) < 4.78 is 26.7. The van der Waals surface area contributed by atoms with Gasteiger partial charge in [0.1, 0.15) is 18.5 Å². The van der Waals surface area contributed by atoms with E-state index < -0.39 is 54.5 Å². The zero-order valence-electron chi connectivity index (χ0n) is 18.0. The molecule has 1 saturated heterocycles. The van der Waals surface area contributed by atoms with E-state index >= 15 is 0 Å². The van der Waals surface area contributed by atoms with E-state index in [9.17, 15) is 24.3 Å². The number of hydrogen-bond acceptors (Lipinski definition) is 11. The van der Waals surface area contributed by atoms with Gasteiger partial charge in [-0.05, 0) is 12.1 Å². The van der Waals surface area contributed by atoms with Gasteiger partial charge >= 0.3 is 23.9 Å². The van der Waals surface area contributed by atoms with Crippen molar-refractivity contribution in [3.05, 3.63) is 29.8 Å². The first kappa shape index (κ1) is 24.8. The number of aliphatic imine (C=N–C) groups is 1. The monoisotopic (exact) mass is 451 g/mol. The zero-order chi connectivity index (χ0) is 23.8. The van der Waals surface area contributed by atoms with Gasteiger partial charge in [0.15, 0.2) is 24.5 Å². The molecule has 0 amide bonds. The van der Waals surface area contributed by atoms with Gasteiger partial charge in [0.2, 0.25) is 0 Å². The number of rotatable bonds is 7. The average molecular weight is 451 g/mol. The number of hydrogen-bond donors (Lipinski definition) is 1. The highest BCUT2D eigenvalue weighted by Crippen LogP contribution is 2.30. The van der Waals surface area contributed by atoms with Crippen molar-refractivity contribution >= 4 is 30.1 Å². The topological polar surface area (TPSA) is 147 Å². The fraction of sp³-hybridized carbons (Fsp3) is 0.476. The summed E-state index contributed by atoms with van der Waals surface area (Å²) in [4.78, 5) is 50.8. The number of para-hydroxylation sites is 1. The van der Waals surface area contributed by atoms with Crippen molar-refractivity contribution in [2.24, 2.45) is 4.99 Å². The highest BCUT2D eigenvalue weighted by Gasteiger charge is 2.52. The van der Waals surface area contributed by atoms with Gasteiger partial charge in [-0.1, -0.05) is 12.1 Å². The molecule has 11 heteroatoms. The summed E-state index contributed by atoms with van der Waals surface area (Å²) in [5, 5.41) is 9.96. The molecule has 5 atom stereocenters. The molecule has 1 fully saturated rings. The van der Waals surface area contributed by atoms with Crippen molar-refractivity contribution < 1.29 is 48.0 Å². The van der Waals surface area contributed by atoms with Crippen LogP contribution in [0.3, 0.4) is 0 Å². The third-order valence-corrected chi connectivity index (χ3v) is 4.26. The quantitative estimate of drug-likeness (QED) is 0.360. The number of benzene rings is 1. The van der Waals surface area contributed by atoms with E-state index in [0.29, 0.717) is 5.56 Å². The third kappa shape index (κ3) is 7.05. The molecule has 1 N–H and O–H groups in total. The second-order valence-corrected chi connectivity index (χ2v) is 6.93. The number of carbonyl (C=O) groups excluding carboxylic acids is 4. The lowest BCUT2D eigenvalue weighted by atomic mass is 9.97. The Kier molecular flexibility index (Phi) is 8.71. The van der Waals surface area contributed by atoms with E-state index in [1.807, 2.05) is 0 Å². The SMILES string of the molecule is CC(=O)OC[C@@H]1O[C@H](N=Cc2ccccc2O)[C@H](OC(C)=O)[C@@H](OC(C)=O)[C@H]1OC(C)=O. The lowest BCUT2D eigenvalue weighted by Crippen LogP contribution is -2.62. The third-order valence-electron chi connectivity index (χ3n) is 4.26. The fourth-order valence-corrected chi connectivity index (χ4v) is 3.08. The molecule has 0 saturated carbocycles. The van der Waals surface area contributed by atoms with E-state index in [1.54, 1.807) is 18.2 Å². The zero-order valence-corrected chi connectivity index (χ0v) is 18.0. The van der Waals surface area contributed by atoms with Gasteiger partial charge in [-0.3, -0.25) is 24.2 Å². The van der Waals surface area contributed by atoms with E-state index in [1.165, 1.54) is 19.2 Å². The molecule has 0 aliphatic carbocycles. The van der Waals surface area contributed by atoms with Crippen LogP contribution in [0.5, 0.6) is 5.75 Å². The summed E-state index contributed by atoms with van der Waals surface area (Å²) >= 11 is 0. The molecule has 0 unspecified atom stereocenters. The largest absolute Gasteiger partial charge is 0.507 e. The maximum Gasteiger partial charge on any atom is 0.303 e. The average Bonchev–Trinajstić information content (AvgIpc) is 2.68. The minimum atomic E-state index is -1.30. The Balaban J connectivity index is 2.47. The van der Waals surface area contributed by atoms with Gasteiger partial charge in [0, 0.05) is 39.5 Å². The van der Waals surface area contributed by atoms with Crippen LogP contribution in [0.1, 0.15) is 33.3 Å². The van der Waals surface area contributed by atoms with Crippen molar-refractivity contribution in [3.63, 3.8) is 0 Å².